The van der Waals surface area contributed by atoms with Crippen molar-refractivity contribution in [1.82, 2.24) is 5.32 Å². The van der Waals surface area contributed by atoms with Crippen LogP contribution >= 0.6 is 0 Å². The zero-order valence-corrected chi connectivity index (χ0v) is 11.2. The fourth-order valence-electron chi connectivity index (χ4n) is 1.64. The number of ether oxygens (including phenoxy) is 1. The van der Waals surface area contributed by atoms with Gasteiger partial charge in [-0.05, 0) is 26.1 Å². The van der Waals surface area contributed by atoms with Crippen LogP contribution in [0.25, 0.3) is 0 Å². The van der Waals surface area contributed by atoms with E-state index in [-0.39, 0.29) is 11.3 Å². The summed E-state index contributed by atoms with van der Waals surface area (Å²) in [6.07, 6.45) is 1.08. The van der Waals surface area contributed by atoms with Crippen molar-refractivity contribution in [3.05, 3.63) is 23.3 Å². The van der Waals surface area contributed by atoms with Crippen LogP contribution in [-0.2, 0) is 16.3 Å². The van der Waals surface area contributed by atoms with E-state index >= 15 is 0 Å². The first-order chi connectivity index (χ1) is 8.32. The maximum absolute atomic E-state index is 14.0. The second-order valence-electron chi connectivity index (χ2n) is 3.82. The molecule has 0 saturated carbocycles. The maximum atomic E-state index is 14.0. The molecule has 1 aromatic rings. The quantitative estimate of drug-likeness (QED) is 0.878. The van der Waals surface area contributed by atoms with Crippen LogP contribution in [0.4, 0.5) is 8.78 Å². The summed E-state index contributed by atoms with van der Waals surface area (Å²) in [4.78, 5) is -0.951. The fraction of sp³-hybridized carbons (Fsp3) is 0.455. The van der Waals surface area contributed by atoms with Gasteiger partial charge in [0.2, 0.25) is 0 Å². The Hall–Kier alpha value is -1.21. The molecule has 0 amide bonds. The number of likely N-dealkylation sites (N-methyl/N-ethyl adjacent to an activating group) is 1. The van der Waals surface area contributed by atoms with E-state index in [9.17, 15) is 17.2 Å². The maximum Gasteiger partial charge on any atom is 0.186 e. The Morgan fingerprint density at radius 2 is 2.00 bits per heavy atom. The normalized spacial score (nSPS) is 11.6. The summed E-state index contributed by atoms with van der Waals surface area (Å²) in [5.41, 5.74) is 0.286. The Morgan fingerprint density at radius 3 is 2.44 bits per heavy atom. The van der Waals surface area contributed by atoms with Gasteiger partial charge in [0, 0.05) is 11.8 Å². The van der Waals surface area contributed by atoms with Crippen LogP contribution in [0, 0.1) is 11.6 Å². The molecule has 0 saturated heterocycles. The number of rotatable bonds is 5. The third kappa shape index (κ3) is 2.97. The van der Waals surface area contributed by atoms with Crippen LogP contribution in [0.2, 0.25) is 0 Å². The standard InChI is InChI=1S/C11H15F2NO3S/c1-14-5-4-7-6-8(12)11(18(3,15)16)9(13)10(7)17-2/h6,14H,4-5H2,1-3H3. The highest BCUT2D eigenvalue weighted by Crippen LogP contribution is 2.31. The molecule has 0 bridgehead atoms. The van der Waals surface area contributed by atoms with E-state index in [1.54, 1.807) is 7.05 Å². The van der Waals surface area contributed by atoms with E-state index in [2.05, 4.69) is 5.32 Å². The summed E-state index contributed by atoms with van der Waals surface area (Å²) in [6.45, 7) is 0.494. The van der Waals surface area contributed by atoms with Crippen molar-refractivity contribution in [3.8, 4) is 5.75 Å². The lowest BCUT2D eigenvalue weighted by Gasteiger charge is -2.13. The van der Waals surface area contributed by atoms with Crippen molar-refractivity contribution in [2.24, 2.45) is 0 Å². The lowest BCUT2D eigenvalue weighted by Crippen LogP contribution is -2.13. The third-order valence-corrected chi connectivity index (χ3v) is 3.54. The highest BCUT2D eigenvalue weighted by Gasteiger charge is 2.25. The minimum absolute atomic E-state index is 0.230. The summed E-state index contributed by atoms with van der Waals surface area (Å²) in [6, 6.07) is 0.996. The number of halogens is 2. The molecule has 0 fully saturated rings. The van der Waals surface area contributed by atoms with Crippen LogP contribution in [0.5, 0.6) is 5.75 Å². The van der Waals surface area contributed by atoms with Crippen molar-refractivity contribution < 1.29 is 21.9 Å². The van der Waals surface area contributed by atoms with Crippen molar-refractivity contribution in [3.63, 3.8) is 0 Å². The average Bonchev–Trinajstić information content (AvgIpc) is 2.23. The number of methoxy groups -OCH3 is 1. The van der Waals surface area contributed by atoms with Crippen LogP contribution in [0.1, 0.15) is 5.56 Å². The molecule has 0 aliphatic carbocycles. The minimum atomic E-state index is -3.98. The van der Waals surface area contributed by atoms with Gasteiger partial charge in [0.05, 0.1) is 7.11 Å². The molecule has 0 heterocycles. The molecular weight excluding hydrogens is 264 g/mol. The number of sulfone groups is 1. The minimum Gasteiger partial charge on any atom is -0.493 e. The van der Waals surface area contributed by atoms with Gasteiger partial charge < -0.3 is 10.1 Å². The summed E-state index contributed by atoms with van der Waals surface area (Å²) < 4.78 is 55.1. The zero-order valence-electron chi connectivity index (χ0n) is 10.4. The van der Waals surface area contributed by atoms with E-state index in [1.807, 2.05) is 0 Å². The van der Waals surface area contributed by atoms with Crippen molar-refractivity contribution in [2.75, 3.05) is 27.0 Å². The molecule has 0 unspecified atom stereocenters. The SMILES string of the molecule is CNCCc1cc(F)c(S(C)(=O)=O)c(F)c1OC. The van der Waals surface area contributed by atoms with Crippen LogP contribution < -0.4 is 10.1 Å². The molecule has 0 aliphatic rings. The molecule has 1 N–H and O–H groups in total. The van der Waals surface area contributed by atoms with Crippen LogP contribution in [0.3, 0.4) is 0 Å². The Balaban J connectivity index is 3.45. The number of hydrogen-bond donors (Lipinski definition) is 1. The van der Waals surface area contributed by atoms with E-state index in [0.717, 1.165) is 12.3 Å². The van der Waals surface area contributed by atoms with Gasteiger partial charge in [0.15, 0.2) is 21.4 Å². The third-order valence-electron chi connectivity index (χ3n) is 2.43. The molecule has 1 aromatic carbocycles. The first kappa shape index (κ1) is 14.8. The summed E-state index contributed by atoms with van der Waals surface area (Å²) in [5, 5.41) is 2.83. The Morgan fingerprint density at radius 1 is 1.39 bits per heavy atom. The van der Waals surface area contributed by atoms with Gasteiger partial charge >= 0.3 is 0 Å². The van der Waals surface area contributed by atoms with Gasteiger partial charge in [-0.1, -0.05) is 0 Å². The predicted octanol–water partition coefficient (Wildman–Crippen LogP) is 1.14. The average molecular weight is 279 g/mol. The molecule has 0 spiro atoms. The van der Waals surface area contributed by atoms with E-state index in [0.29, 0.717) is 13.0 Å². The van der Waals surface area contributed by atoms with E-state index in [1.165, 1.54) is 7.11 Å². The number of hydrogen-bond acceptors (Lipinski definition) is 4. The molecule has 4 nitrogen and oxygen atoms in total. The molecule has 18 heavy (non-hydrogen) atoms. The Labute approximate surface area is 105 Å². The fourth-order valence-corrected chi connectivity index (χ4v) is 2.47. The van der Waals surface area contributed by atoms with Gasteiger partial charge in [0.1, 0.15) is 10.7 Å². The van der Waals surface area contributed by atoms with Crippen LogP contribution in [-0.4, -0.2) is 35.4 Å². The molecule has 0 atom stereocenters. The summed E-state index contributed by atoms with van der Waals surface area (Å²) >= 11 is 0. The second-order valence-corrected chi connectivity index (χ2v) is 5.77. The molecule has 1 rings (SSSR count). The predicted molar refractivity (Wildman–Crippen MR) is 63.7 cm³/mol. The lowest BCUT2D eigenvalue weighted by atomic mass is 10.1. The summed E-state index contributed by atoms with van der Waals surface area (Å²) in [7, 11) is -1.07. The largest absolute Gasteiger partial charge is 0.493 e. The number of nitrogens with one attached hydrogen (secondary N) is 1. The molecular formula is C11H15F2NO3S. The van der Waals surface area contributed by atoms with Crippen LogP contribution in [0.15, 0.2) is 11.0 Å². The van der Waals surface area contributed by atoms with Gasteiger partial charge in [-0.3, -0.25) is 0 Å². The first-order valence-corrected chi connectivity index (χ1v) is 7.11. The van der Waals surface area contributed by atoms with Gasteiger partial charge in [0.25, 0.3) is 0 Å². The zero-order chi connectivity index (χ0) is 13.9. The van der Waals surface area contributed by atoms with E-state index < -0.39 is 26.4 Å². The Bertz CT molecular complexity index is 544. The Kier molecular flexibility index (Phi) is 4.64. The van der Waals surface area contributed by atoms with Crippen molar-refractivity contribution >= 4 is 9.84 Å². The lowest BCUT2D eigenvalue weighted by molar-refractivity contribution is 0.369. The second kappa shape index (κ2) is 5.62. The molecule has 0 aromatic heterocycles. The van der Waals surface area contributed by atoms with Gasteiger partial charge in [-0.15, -0.1) is 0 Å². The van der Waals surface area contributed by atoms with E-state index in [4.69, 9.17) is 4.74 Å². The highest BCUT2D eigenvalue weighted by molar-refractivity contribution is 7.90. The van der Waals surface area contributed by atoms with Crippen molar-refractivity contribution in [1.29, 1.82) is 0 Å². The monoisotopic (exact) mass is 279 g/mol. The molecule has 0 radical (unpaired) electrons. The van der Waals surface area contributed by atoms with Crippen molar-refractivity contribution in [2.45, 2.75) is 11.3 Å². The first-order valence-electron chi connectivity index (χ1n) is 5.22. The smallest absolute Gasteiger partial charge is 0.186 e. The molecule has 102 valence electrons. The molecule has 7 heteroatoms. The van der Waals surface area contributed by atoms with Gasteiger partial charge in [-0.25, -0.2) is 17.2 Å². The van der Waals surface area contributed by atoms with Gasteiger partial charge in [-0.2, -0.15) is 0 Å². The topological polar surface area (TPSA) is 55.4 Å². The molecule has 0 aliphatic heterocycles. The summed E-state index contributed by atoms with van der Waals surface area (Å²) in [5.74, 6) is -2.50. The number of benzene rings is 1. The highest BCUT2D eigenvalue weighted by atomic mass is 32.2.